The molecular weight excluding hydrogens is 420 g/mol. The van der Waals surface area contributed by atoms with Crippen LogP contribution in [0.5, 0.6) is 11.5 Å². The van der Waals surface area contributed by atoms with Gasteiger partial charge in [-0.25, -0.2) is 0 Å². The molecule has 1 aliphatic carbocycles. The summed E-state index contributed by atoms with van der Waals surface area (Å²) in [7, 11) is 0. The number of hydrogen-bond donors (Lipinski definition) is 1. The monoisotopic (exact) mass is 444 g/mol. The van der Waals surface area contributed by atoms with Gasteiger partial charge in [0.15, 0.2) is 11.5 Å². The molecule has 0 bridgehead atoms. The van der Waals surface area contributed by atoms with Gasteiger partial charge in [0.05, 0.1) is 11.6 Å². The minimum Gasteiger partial charge on any atom is -0.457 e. The van der Waals surface area contributed by atoms with Crippen LogP contribution in [0.1, 0.15) is 51.5 Å². The zero-order valence-corrected chi connectivity index (χ0v) is 18.3. The van der Waals surface area contributed by atoms with Gasteiger partial charge in [-0.2, -0.15) is 0 Å². The minimum absolute atomic E-state index is 0.0264. The van der Waals surface area contributed by atoms with E-state index in [9.17, 15) is 14.4 Å². The lowest BCUT2D eigenvalue weighted by Gasteiger charge is -2.17. The molecule has 0 saturated carbocycles. The maximum Gasteiger partial charge on any atom is 0.287 e. The summed E-state index contributed by atoms with van der Waals surface area (Å²) in [6.07, 6.45) is 2.08. The fourth-order valence-electron chi connectivity index (χ4n) is 4.49. The van der Waals surface area contributed by atoms with Crippen molar-refractivity contribution in [1.82, 2.24) is 5.32 Å². The molecular formula is C26H24N2O5. The molecule has 1 N–H and O–H groups in total. The number of nitrogens with zero attached hydrogens (tertiary/aromatic N) is 1. The first-order chi connectivity index (χ1) is 16.0. The Kier molecular flexibility index (Phi) is 5.46. The van der Waals surface area contributed by atoms with Gasteiger partial charge >= 0.3 is 0 Å². The number of furan rings is 1. The highest BCUT2D eigenvalue weighted by molar-refractivity contribution is 6.04. The Morgan fingerprint density at radius 2 is 1.76 bits per heavy atom. The third-order valence-electron chi connectivity index (χ3n) is 6.10. The number of nitrogens with one attached hydrogen (secondary N) is 1. The third kappa shape index (κ3) is 4.14. The molecule has 3 aromatic rings. The molecule has 2 heterocycles. The highest BCUT2D eigenvalue weighted by Gasteiger charge is 2.34. The van der Waals surface area contributed by atoms with Crippen molar-refractivity contribution in [2.45, 2.75) is 38.6 Å². The van der Waals surface area contributed by atoms with Crippen molar-refractivity contribution in [3.05, 3.63) is 77.2 Å². The summed E-state index contributed by atoms with van der Waals surface area (Å²) >= 11 is 0. The number of rotatable bonds is 5. The van der Waals surface area contributed by atoms with E-state index in [-0.39, 0.29) is 35.8 Å². The van der Waals surface area contributed by atoms with E-state index in [0.29, 0.717) is 42.0 Å². The van der Waals surface area contributed by atoms with Crippen LogP contribution in [0.4, 0.5) is 5.69 Å². The number of aryl methyl sites for hydroxylation is 1. The van der Waals surface area contributed by atoms with Gasteiger partial charge in [0, 0.05) is 37.1 Å². The van der Waals surface area contributed by atoms with Gasteiger partial charge in [-0.15, -0.1) is 0 Å². The van der Waals surface area contributed by atoms with Crippen molar-refractivity contribution in [2.24, 2.45) is 0 Å². The van der Waals surface area contributed by atoms with E-state index in [1.54, 1.807) is 11.8 Å². The van der Waals surface area contributed by atoms with Gasteiger partial charge in [-0.05, 0) is 49.7 Å². The van der Waals surface area contributed by atoms with E-state index in [4.69, 9.17) is 9.15 Å². The molecule has 1 atom stereocenters. The van der Waals surface area contributed by atoms with Crippen LogP contribution in [0.3, 0.4) is 0 Å². The van der Waals surface area contributed by atoms with Crippen LogP contribution in [0.25, 0.3) is 0 Å². The molecule has 0 radical (unpaired) electrons. The number of ether oxygens (including phenoxy) is 1. The summed E-state index contributed by atoms with van der Waals surface area (Å²) in [6, 6.07) is 16.4. The number of amides is 2. The molecule has 2 aliphatic rings. The molecule has 1 aromatic heterocycles. The van der Waals surface area contributed by atoms with Crippen LogP contribution >= 0.6 is 0 Å². The van der Waals surface area contributed by atoms with Crippen LogP contribution in [0, 0.1) is 6.92 Å². The summed E-state index contributed by atoms with van der Waals surface area (Å²) in [5, 5.41) is 2.90. The largest absolute Gasteiger partial charge is 0.457 e. The van der Waals surface area contributed by atoms with Crippen LogP contribution < -0.4 is 15.0 Å². The van der Waals surface area contributed by atoms with Crippen molar-refractivity contribution in [3.63, 3.8) is 0 Å². The highest BCUT2D eigenvalue weighted by atomic mass is 16.5. The Balaban J connectivity index is 1.25. The molecule has 5 rings (SSSR count). The lowest BCUT2D eigenvalue weighted by molar-refractivity contribution is -0.117. The van der Waals surface area contributed by atoms with Crippen LogP contribution in [0.15, 0.2) is 59.0 Å². The maximum absolute atomic E-state index is 12.9. The molecule has 7 heteroatoms. The smallest absolute Gasteiger partial charge is 0.287 e. The average molecular weight is 444 g/mol. The van der Waals surface area contributed by atoms with E-state index >= 15 is 0 Å². The first kappa shape index (κ1) is 21.0. The van der Waals surface area contributed by atoms with E-state index in [2.05, 4.69) is 5.32 Å². The van der Waals surface area contributed by atoms with E-state index in [1.807, 2.05) is 54.6 Å². The molecule has 168 valence electrons. The van der Waals surface area contributed by atoms with Crippen molar-refractivity contribution in [2.75, 3.05) is 11.4 Å². The molecule has 1 aliphatic heterocycles. The number of carbonyl (C=O) groups excluding carboxylic acids is 3. The topological polar surface area (TPSA) is 88.8 Å². The van der Waals surface area contributed by atoms with Gasteiger partial charge in [-0.3, -0.25) is 14.4 Å². The molecule has 1 fully saturated rings. The van der Waals surface area contributed by atoms with Crippen molar-refractivity contribution >= 4 is 23.3 Å². The van der Waals surface area contributed by atoms with Gasteiger partial charge in [0.2, 0.25) is 5.91 Å². The molecule has 33 heavy (non-hydrogen) atoms. The second-order valence-corrected chi connectivity index (χ2v) is 8.42. The Labute approximate surface area is 191 Å². The Hall–Kier alpha value is -3.87. The summed E-state index contributed by atoms with van der Waals surface area (Å²) in [6.45, 7) is 2.10. The molecule has 2 amide bonds. The second kappa shape index (κ2) is 8.58. The van der Waals surface area contributed by atoms with Crippen LogP contribution in [0.2, 0.25) is 0 Å². The first-order valence-corrected chi connectivity index (χ1v) is 11.1. The average Bonchev–Trinajstić information content (AvgIpc) is 3.35. The summed E-state index contributed by atoms with van der Waals surface area (Å²) in [5.41, 5.74) is 1.88. The molecule has 1 unspecified atom stereocenters. The number of anilines is 1. The number of Topliss-reactive ketones (excluding diaryl/α,β-unsaturated/α-hetero) is 1. The lowest BCUT2D eigenvalue weighted by atomic mass is 9.94. The maximum atomic E-state index is 12.9. The van der Waals surface area contributed by atoms with E-state index in [1.165, 1.54) is 0 Å². The third-order valence-corrected chi connectivity index (χ3v) is 6.10. The fourth-order valence-corrected chi connectivity index (χ4v) is 4.49. The van der Waals surface area contributed by atoms with Crippen molar-refractivity contribution < 1.29 is 23.5 Å². The lowest BCUT2D eigenvalue weighted by Crippen LogP contribution is -2.37. The zero-order chi connectivity index (χ0) is 22.9. The Bertz CT molecular complexity index is 1210. The van der Waals surface area contributed by atoms with Crippen LogP contribution in [-0.4, -0.2) is 30.2 Å². The number of fused-ring (bicyclic) bond motifs is 1. The van der Waals surface area contributed by atoms with Crippen LogP contribution in [-0.2, 0) is 11.2 Å². The molecule has 1 saturated heterocycles. The number of benzene rings is 2. The number of hydrogen-bond acceptors (Lipinski definition) is 5. The number of para-hydroxylation sites is 1. The minimum atomic E-state index is -0.388. The van der Waals surface area contributed by atoms with Crippen molar-refractivity contribution in [3.8, 4) is 11.5 Å². The predicted molar refractivity (Wildman–Crippen MR) is 122 cm³/mol. The highest BCUT2D eigenvalue weighted by Crippen LogP contribution is 2.30. The quantitative estimate of drug-likeness (QED) is 0.629. The fraction of sp³-hybridized carbons (Fsp3) is 0.269. The normalized spacial score (nSPS) is 17.7. The second-order valence-electron chi connectivity index (χ2n) is 8.42. The van der Waals surface area contributed by atoms with Gasteiger partial charge in [-0.1, -0.05) is 18.2 Å². The van der Waals surface area contributed by atoms with Gasteiger partial charge in [0.25, 0.3) is 5.91 Å². The van der Waals surface area contributed by atoms with Gasteiger partial charge in [0.1, 0.15) is 17.3 Å². The van der Waals surface area contributed by atoms with Gasteiger partial charge < -0.3 is 19.4 Å². The number of carbonyl (C=O) groups is 3. The van der Waals surface area contributed by atoms with E-state index in [0.717, 1.165) is 17.9 Å². The van der Waals surface area contributed by atoms with E-state index < -0.39 is 0 Å². The SMILES string of the molecule is Cc1c(C(=O)NC2CC(=O)N(c3ccc(Oc4ccccc4)cc3)C2)oc2c1C(=O)CCC2. The Morgan fingerprint density at radius 1 is 1.03 bits per heavy atom. The Morgan fingerprint density at radius 3 is 2.48 bits per heavy atom. The molecule has 2 aromatic carbocycles. The summed E-state index contributed by atoms with van der Waals surface area (Å²) < 4.78 is 11.5. The predicted octanol–water partition coefficient (Wildman–Crippen LogP) is 4.43. The summed E-state index contributed by atoms with van der Waals surface area (Å²) in [5.74, 6) is 1.75. The molecule has 0 spiro atoms. The first-order valence-electron chi connectivity index (χ1n) is 11.1. The summed E-state index contributed by atoms with van der Waals surface area (Å²) in [4.78, 5) is 39.3. The molecule has 7 nitrogen and oxygen atoms in total. The number of ketones is 1. The standard InChI is InChI=1S/C26H24N2O5/c1-16-24-21(29)8-5-9-22(24)33-25(16)26(31)27-17-14-23(30)28(15-17)18-10-12-20(13-11-18)32-19-6-3-2-4-7-19/h2-4,6-7,10-13,17H,5,8-9,14-15H2,1H3,(H,27,31). The van der Waals surface area contributed by atoms with Crippen molar-refractivity contribution in [1.29, 1.82) is 0 Å². The zero-order valence-electron chi connectivity index (χ0n) is 18.3.